The van der Waals surface area contributed by atoms with Crippen molar-refractivity contribution >= 4 is 11.8 Å². The minimum absolute atomic E-state index is 0.0135. The molecule has 0 spiro atoms. The van der Waals surface area contributed by atoms with Crippen LogP contribution in [-0.2, 0) is 14.3 Å². The molecule has 0 aromatic rings. The molecule has 5 rings (SSSR count). The first-order valence-electron chi connectivity index (χ1n) is 17.5. The van der Waals surface area contributed by atoms with Gasteiger partial charge in [0.05, 0.1) is 0 Å². The van der Waals surface area contributed by atoms with E-state index in [1.807, 2.05) is 0 Å². The number of rotatable bonds is 7. The average Bonchev–Trinajstić information content (AvgIpc) is 2.88. The highest BCUT2D eigenvalue weighted by molar-refractivity contribution is 5.95. The third-order valence-corrected chi connectivity index (χ3v) is 14.5. The zero-order chi connectivity index (χ0) is 30.1. The van der Waals surface area contributed by atoms with E-state index in [1.165, 1.54) is 56.9 Å². The first-order chi connectivity index (χ1) is 19.0. The summed E-state index contributed by atoms with van der Waals surface area (Å²) in [6, 6.07) is 0. The standard InChI is InChI=1S/C38H62O3/c1-10-11-12-13-14-15-31(40)41-30-17-18-36(7)29(34(30,4)5)16-19-38(9)32(36)28(39)24-26-27-25-33(2,3)20-21-35(27,6)22-23-37(26,38)8/h24,27,29-30,32H,10-23,25H2,1-9H3. The molecular weight excluding hydrogens is 504 g/mol. The molecule has 0 heterocycles. The van der Waals surface area contributed by atoms with E-state index >= 15 is 0 Å². The molecule has 0 aliphatic heterocycles. The first kappa shape index (κ1) is 31.3. The van der Waals surface area contributed by atoms with Gasteiger partial charge in [-0.25, -0.2) is 0 Å². The summed E-state index contributed by atoms with van der Waals surface area (Å²) in [6.07, 6.45) is 18.8. The van der Waals surface area contributed by atoms with Crippen molar-refractivity contribution < 1.29 is 14.3 Å². The largest absolute Gasteiger partial charge is 0.462 e. The predicted molar refractivity (Wildman–Crippen MR) is 168 cm³/mol. The van der Waals surface area contributed by atoms with Gasteiger partial charge in [-0.1, -0.05) is 93.6 Å². The molecule has 232 valence electrons. The van der Waals surface area contributed by atoms with E-state index in [9.17, 15) is 9.59 Å². The molecule has 0 radical (unpaired) electrons. The number of allylic oxidation sites excluding steroid dienone is 2. The van der Waals surface area contributed by atoms with Gasteiger partial charge in [0, 0.05) is 17.8 Å². The Morgan fingerprint density at radius 1 is 0.854 bits per heavy atom. The Labute approximate surface area is 252 Å². The summed E-state index contributed by atoms with van der Waals surface area (Å²) >= 11 is 0. The number of fused-ring (bicyclic) bond motifs is 7. The number of hydrogen-bond donors (Lipinski definition) is 0. The Bertz CT molecular complexity index is 1070. The van der Waals surface area contributed by atoms with Gasteiger partial charge < -0.3 is 4.74 Å². The summed E-state index contributed by atoms with van der Waals surface area (Å²) in [6.45, 7) is 21.8. The maximum absolute atomic E-state index is 14.5. The lowest BCUT2D eigenvalue weighted by Crippen LogP contribution is -2.66. The van der Waals surface area contributed by atoms with Crippen molar-refractivity contribution in [3.63, 3.8) is 0 Å². The van der Waals surface area contributed by atoms with Crippen LogP contribution in [0, 0.1) is 50.2 Å². The minimum Gasteiger partial charge on any atom is -0.462 e. The lowest BCUT2D eigenvalue weighted by molar-refractivity contribution is -0.211. The number of ketones is 1. The number of unbranched alkanes of at least 4 members (excludes halogenated alkanes) is 4. The summed E-state index contributed by atoms with van der Waals surface area (Å²) in [5, 5.41) is 0. The van der Waals surface area contributed by atoms with E-state index in [2.05, 4.69) is 68.4 Å². The highest BCUT2D eigenvalue weighted by atomic mass is 16.5. The van der Waals surface area contributed by atoms with E-state index in [0.717, 1.165) is 38.5 Å². The van der Waals surface area contributed by atoms with Crippen LogP contribution in [-0.4, -0.2) is 17.9 Å². The quantitative estimate of drug-likeness (QED) is 0.227. The zero-order valence-corrected chi connectivity index (χ0v) is 28.2. The third kappa shape index (κ3) is 4.90. The molecule has 4 saturated carbocycles. The van der Waals surface area contributed by atoms with Crippen LogP contribution < -0.4 is 0 Å². The van der Waals surface area contributed by atoms with Crippen molar-refractivity contribution in [2.24, 2.45) is 50.2 Å². The fraction of sp³-hybridized carbons (Fsp3) is 0.895. The maximum atomic E-state index is 14.5. The van der Waals surface area contributed by atoms with Crippen LogP contribution in [0.1, 0.15) is 159 Å². The second-order valence-electron chi connectivity index (χ2n) is 17.9. The smallest absolute Gasteiger partial charge is 0.306 e. The molecule has 0 aromatic carbocycles. The van der Waals surface area contributed by atoms with E-state index < -0.39 is 0 Å². The predicted octanol–water partition coefficient (Wildman–Crippen LogP) is 10.3. The molecule has 41 heavy (non-hydrogen) atoms. The highest BCUT2D eigenvalue weighted by Gasteiger charge is 2.70. The molecule has 0 N–H and O–H groups in total. The maximum Gasteiger partial charge on any atom is 0.306 e. The van der Waals surface area contributed by atoms with Crippen molar-refractivity contribution in [1.29, 1.82) is 0 Å². The van der Waals surface area contributed by atoms with Gasteiger partial charge in [0.15, 0.2) is 5.78 Å². The van der Waals surface area contributed by atoms with Crippen molar-refractivity contribution in [3.8, 4) is 0 Å². The molecular formula is C38H62O3. The van der Waals surface area contributed by atoms with Crippen molar-refractivity contribution in [3.05, 3.63) is 11.6 Å². The van der Waals surface area contributed by atoms with Gasteiger partial charge in [0.25, 0.3) is 0 Å². The topological polar surface area (TPSA) is 43.4 Å². The molecule has 0 saturated heterocycles. The van der Waals surface area contributed by atoms with Crippen LogP contribution in [0.3, 0.4) is 0 Å². The van der Waals surface area contributed by atoms with Crippen LogP contribution in [0.15, 0.2) is 11.6 Å². The van der Waals surface area contributed by atoms with Crippen LogP contribution in [0.4, 0.5) is 0 Å². The van der Waals surface area contributed by atoms with E-state index in [-0.39, 0.29) is 39.7 Å². The van der Waals surface area contributed by atoms with Gasteiger partial charge in [-0.05, 0) is 109 Å². The molecule has 0 bridgehead atoms. The molecule has 8 unspecified atom stereocenters. The van der Waals surface area contributed by atoms with Gasteiger partial charge in [-0.3, -0.25) is 9.59 Å². The molecule has 5 aliphatic carbocycles. The number of carbonyl (C=O) groups excluding carboxylic acids is 2. The fourth-order valence-corrected chi connectivity index (χ4v) is 11.6. The Kier molecular flexibility index (Phi) is 8.02. The molecule has 5 aliphatic rings. The molecule has 0 aromatic heterocycles. The number of carbonyl (C=O) groups is 2. The molecule has 8 atom stereocenters. The molecule has 4 fully saturated rings. The summed E-state index contributed by atoms with van der Waals surface area (Å²) in [4.78, 5) is 27.4. The van der Waals surface area contributed by atoms with Crippen molar-refractivity contribution in [1.82, 2.24) is 0 Å². The summed E-state index contributed by atoms with van der Waals surface area (Å²) < 4.78 is 6.25. The Hall–Kier alpha value is -1.12. The Morgan fingerprint density at radius 3 is 2.24 bits per heavy atom. The fourth-order valence-electron chi connectivity index (χ4n) is 11.6. The highest BCUT2D eigenvalue weighted by Crippen LogP contribution is 2.75. The second kappa shape index (κ2) is 10.5. The SMILES string of the molecule is CCCCCCCC(=O)OC1CCC2(C)C(CCC3(C)C2C(=O)C=C2C4CC(C)(C)CCC4(C)CCC23C)C1(C)C. The van der Waals surface area contributed by atoms with E-state index in [4.69, 9.17) is 4.74 Å². The van der Waals surface area contributed by atoms with Gasteiger partial charge in [-0.2, -0.15) is 0 Å². The van der Waals surface area contributed by atoms with E-state index in [1.54, 1.807) is 0 Å². The first-order valence-corrected chi connectivity index (χ1v) is 17.5. The zero-order valence-electron chi connectivity index (χ0n) is 28.2. The Morgan fingerprint density at radius 2 is 1.54 bits per heavy atom. The Balaban J connectivity index is 1.40. The van der Waals surface area contributed by atoms with Crippen LogP contribution in [0.5, 0.6) is 0 Å². The van der Waals surface area contributed by atoms with Crippen LogP contribution in [0.2, 0.25) is 0 Å². The number of esters is 1. The van der Waals surface area contributed by atoms with Crippen LogP contribution in [0.25, 0.3) is 0 Å². The van der Waals surface area contributed by atoms with Gasteiger partial charge >= 0.3 is 5.97 Å². The summed E-state index contributed by atoms with van der Waals surface area (Å²) in [5.74, 6) is 1.37. The molecule has 0 amide bonds. The minimum atomic E-state index is -0.129. The summed E-state index contributed by atoms with van der Waals surface area (Å²) in [7, 11) is 0. The monoisotopic (exact) mass is 566 g/mol. The normalized spacial score (nSPS) is 44.5. The number of hydrogen-bond acceptors (Lipinski definition) is 3. The van der Waals surface area contributed by atoms with E-state index in [0.29, 0.717) is 34.9 Å². The average molecular weight is 567 g/mol. The third-order valence-electron chi connectivity index (χ3n) is 14.5. The van der Waals surface area contributed by atoms with Crippen LogP contribution >= 0.6 is 0 Å². The molecule has 3 heteroatoms. The summed E-state index contributed by atoms with van der Waals surface area (Å²) in [5.41, 5.74) is 2.09. The van der Waals surface area contributed by atoms with Gasteiger partial charge in [-0.15, -0.1) is 0 Å². The van der Waals surface area contributed by atoms with Gasteiger partial charge in [0.2, 0.25) is 0 Å². The molecule has 3 nitrogen and oxygen atoms in total. The number of ether oxygens (including phenoxy) is 1. The lowest BCUT2D eigenvalue weighted by atomic mass is 9.33. The van der Waals surface area contributed by atoms with Crippen molar-refractivity contribution in [2.75, 3.05) is 0 Å². The van der Waals surface area contributed by atoms with Crippen molar-refractivity contribution in [2.45, 2.75) is 165 Å². The second-order valence-corrected chi connectivity index (χ2v) is 17.9. The lowest BCUT2D eigenvalue weighted by Gasteiger charge is -2.70. The van der Waals surface area contributed by atoms with Gasteiger partial charge in [0.1, 0.15) is 6.10 Å².